The van der Waals surface area contributed by atoms with Crippen LogP contribution in [0, 0.1) is 3.57 Å². The third-order valence-corrected chi connectivity index (χ3v) is 2.40. The van der Waals surface area contributed by atoms with E-state index in [0.29, 0.717) is 6.07 Å². The highest BCUT2D eigenvalue weighted by Gasteiger charge is 2.38. The molecule has 0 aromatic carbocycles. The van der Waals surface area contributed by atoms with Gasteiger partial charge in [-0.2, -0.15) is 13.2 Å². The molecule has 0 aliphatic rings. The summed E-state index contributed by atoms with van der Waals surface area (Å²) in [5.41, 5.74) is 2.34. The van der Waals surface area contributed by atoms with Crippen molar-refractivity contribution in [3.63, 3.8) is 0 Å². The fourth-order valence-corrected chi connectivity index (χ4v) is 1.37. The highest BCUT2D eigenvalue weighted by molar-refractivity contribution is 14.1. The van der Waals surface area contributed by atoms with Crippen molar-refractivity contribution >= 4 is 28.4 Å². The van der Waals surface area contributed by atoms with Crippen LogP contribution in [0.1, 0.15) is 17.7 Å². The number of nitrogens with zero attached hydrogens (tertiary/aromatic N) is 1. The van der Waals surface area contributed by atoms with Crippen LogP contribution in [0.5, 0.6) is 0 Å². The van der Waals surface area contributed by atoms with Crippen molar-refractivity contribution in [3.8, 4) is 0 Å². The lowest BCUT2D eigenvalue weighted by molar-refractivity contribution is -0.143. The maximum atomic E-state index is 12.3. The number of halogens is 6. The predicted molar refractivity (Wildman–Crippen MR) is 51.3 cm³/mol. The zero-order chi connectivity index (χ0) is 11.8. The Balaban J connectivity index is 3.42. The molecule has 2 nitrogen and oxygen atoms in total. The lowest BCUT2D eigenvalue weighted by Crippen LogP contribution is -2.14. The van der Waals surface area contributed by atoms with Crippen molar-refractivity contribution < 1.29 is 22.0 Å². The average Bonchev–Trinajstić information content (AvgIpc) is 2.06. The standard InChI is InChI=1S/C7H4F5IN2/c8-5(9)2-1-3(13)6(14)15-4(2)7(10,11)12/h1,5H,(H2,14,15). The van der Waals surface area contributed by atoms with Gasteiger partial charge in [-0.3, -0.25) is 0 Å². The van der Waals surface area contributed by atoms with Gasteiger partial charge >= 0.3 is 6.18 Å². The van der Waals surface area contributed by atoms with Gasteiger partial charge in [0.2, 0.25) is 0 Å². The highest BCUT2D eigenvalue weighted by Crippen LogP contribution is 2.36. The number of aromatic nitrogens is 1. The molecule has 0 atom stereocenters. The van der Waals surface area contributed by atoms with E-state index in [9.17, 15) is 22.0 Å². The molecule has 2 N–H and O–H groups in total. The summed E-state index contributed by atoms with van der Waals surface area (Å²) in [6.07, 6.45) is -8.16. The van der Waals surface area contributed by atoms with Crippen LogP contribution in [0.2, 0.25) is 0 Å². The summed E-state index contributed by atoms with van der Waals surface area (Å²) < 4.78 is 61.4. The Morgan fingerprint density at radius 1 is 1.33 bits per heavy atom. The van der Waals surface area contributed by atoms with Gasteiger partial charge in [-0.05, 0) is 28.7 Å². The van der Waals surface area contributed by atoms with E-state index in [1.807, 2.05) is 0 Å². The summed E-state index contributed by atoms with van der Waals surface area (Å²) in [4.78, 5) is 2.93. The van der Waals surface area contributed by atoms with Crippen LogP contribution < -0.4 is 5.73 Å². The van der Waals surface area contributed by atoms with Gasteiger partial charge in [0.05, 0.1) is 3.57 Å². The molecule has 0 spiro atoms. The Morgan fingerprint density at radius 2 is 1.87 bits per heavy atom. The molecule has 1 aromatic rings. The topological polar surface area (TPSA) is 38.9 Å². The molecule has 0 unspecified atom stereocenters. The summed E-state index contributed by atoms with van der Waals surface area (Å²) in [5, 5.41) is 0. The fraction of sp³-hybridized carbons (Fsp3) is 0.286. The highest BCUT2D eigenvalue weighted by atomic mass is 127. The van der Waals surface area contributed by atoms with Gasteiger partial charge in [0.15, 0.2) is 5.69 Å². The van der Waals surface area contributed by atoms with Crippen LogP contribution in [0.25, 0.3) is 0 Å². The third-order valence-electron chi connectivity index (χ3n) is 1.54. The molecule has 15 heavy (non-hydrogen) atoms. The van der Waals surface area contributed by atoms with Crippen molar-refractivity contribution in [2.75, 3.05) is 5.73 Å². The second kappa shape index (κ2) is 4.06. The fourth-order valence-electron chi connectivity index (χ4n) is 0.911. The largest absolute Gasteiger partial charge is 0.433 e. The van der Waals surface area contributed by atoms with E-state index in [1.54, 1.807) is 0 Å². The van der Waals surface area contributed by atoms with Gasteiger partial charge in [-0.15, -0.1) is 0 Å². The SMILES string of the molecule is Nc1nc(C(F)(F)F)c(C(F)F)cc1I. The average molecular weight is 338 g/mol. The monoisotopic (exact) mass is 338 g/mol. The number of hydrogen-bond acceptors (Lipinski definition) is 2. The number of rotatable bonds is 1. The first-order valence-corrected chi connectivity index (χ1v) is 4.62. The number of alkyl halides is 5. The van der Waals surface area contributed by atoms with Crippen LogP contribution in [0.4, 0.5) is 27.8 Å². The minimum absolute atomic E-state index is 0.0656. The molecular formula is C7H4F5IN2. The van der Waals surface area contributed by atoms with Crippen molar-refractivity contribution in [1.82, 2.24) is 4.98 Å². The lowest BCUT2D eigenvalue weighted by Gasteiger charge is -2.12. The molecule has 1 rings (SSSR count). The first-order chi connectivity index (χ1) is 6.73. The van der Waals surface area contributed by atoms with E-state index in [2.05, 4.69) is 4.98 Å². The van der Waals surface area contributed by atoms with Crippen LogP contribution in [-0.4, -0.2) is 4.98 Å². The lowest BCUT2D eigenvalue weighted by atomic mass is 10.2. The summed E-state index contributed by atoms with van der Waals surface area (Å²) >= 11 is 1.54. The van der Waals surface area contributed by atoms with Gasteiger partial charge in [0.25, 0.3) is 6.43 Å². The Hall–Kier alpha value is -0.670. The quantitative estimate of drug-likeness (QED) is 0.631. The van der Waals surface area contributed by atoms with E-state index in [-0.39, 0.29) is 3.57 Å². The summed E-state index contributed by atoms with van der Waals surface area (Å²) in [6, 6.07) is 0.691. The van der Waals surface area contributed by atoms with Gasteiger partial charge in [0.1, 0.15) is 5.82 Å². The molecule has 84 valence electrons. The summed E-state index contributed by atoms with van der Waals surface area (Å²) in [7, 11) is 0. The van der Waals surface area contributed by atoms with E-state index < -0.39 is 29.7 Å². The first-order valence-electron chi connectivity index (χ1n) is 3.54. The maximum absolute atomic E-state index is 12.3. The smallest absolute Gasteiger partial charge is 0.383 e. The summed E-state index contributed by atoms with van der Waals surface area (Å²) in [6.45, 7) is 0. The van der Waals surface area contributed by atoms with Crippen LogP contribution >= 0.6 is 22.6 Å². The zero-order valence-electron chi connectivity index (χ0n) is 6.95. The van der Waals surface area contributed by atoms with E-state index >= 15 is 0 Å². The van der Waals surface area contributed by atoms with Gasteiger partial charge in [-0.25, -0.2) is 13.8 Å². The molecule has 0 aliphatic heterocycles. The Kier molecular flexibility index (Phi) is 3.36. The second-order valence-electron chi connectivity index (χ2n) is 2.59. The molecule has 1 heterocycles. The van der Waals surface area contributed by atoms with Crippen LogP contribution in [-0.2, 0) is 6.18 Å². The maximum Gasteiger partial charge on any atom is 0.433 e. The Bertz CT molecular complexity index is 376. The molecule has 0 fully saturated rings. The number of pyridine rings is 1. The van der Waals surface area contributed by atoms with Gasteiger partial charge in [0, 0.05) is 5.56 Å². The molecule has 0 aliphatic carbocycles. The van der Waals surface area contributed by atoms with Gasteiger partial charge in [-0.1, -0.05) is 0 Å². The molecule has 0 bridgehead atoms. The molecule has 8 heteroatoms. The number of hydrogen-bond donors (Lipinski definition) is 1. The minimum atomic E-state index is -4.93. The van der Waals surface area contributed by atoms with Gasteiger partial charge < -0.3 is 5.73 Å². The third kappa shape index (κ3) is 2.67. The molecule has 0 radical (unpaired) electrons. The predicted octanol–water partition coefficient (Wildman–Crippen LogP) is 3.22. The summed E-state index contributed by atoms with van der Waals surface area (Å²) in [5.74, 6) is -0.410. The minimum Gasteiger partial charge on any atom is -0.383 e. The zero-order valence-corrected chi connectivity index (χ0v) is 9.10. The number of nitrogen functional groups attached to an aromatic ring is 1. The molecular weight excluding hydrogens is 334 g/mol. The number of nitrogens with two attached hydrogens (primary N) is 1. The Labute approximate surface area is 94.8 Å². The van der Waals surface area contributed by atoms with E-state index in [1.165, 1.54) is 22.6 Å². The second-order valence-corrected chi connectivity index (χ2v) is 3.75. The van der Waals surface area contributed by atoms with E-state index in [0.717, 1.165) is 0 Å². The van der Waals surface area contributed by atoms with Crippen molar-refractivity contribution in [3.05, 3.63) is 20.9 Å². The normalized spacial score (nSPS) is 12.2. The van der Waals surface area contributed by atoms with E-state index in [4.69, 9.17) is 5.73 Å². The molecule has 0 saturated carbocycles. The molecule has 0 amide bonds. The molecule has 0 saturated heterocycles. The van der Waals surface area contributed by atoms with Crippen LogP contribution in [0.15, 0.2) is 6.07 Å². The van der Waals surface area contributed by atoms with Crippen molar-refractivity contribution in [2.24, 2.45) is 0 Å². The first kappa shape index (κ1) is 12.4. The van der Waals surface area contributed by atoms with Crippen molar-refractivity contribution in [1.29, 1.82) is 0 Å². The van der Waals surface area contributed by atoms with Crippen molar-refractivity contribution in [2.45, 2.75) is 12.6 Å². The van der Waals surface area contributed by atoms with Crippen LogP contribution in [0.3, 0.4) is 0 Å². The number of anilines is 1. The molecule has 1 aromatic heterocycles. The Morgan fingerprint density at radius 3 is 2.27 bits per heavy atom.